The number of nitrogens with zero attached hydrogens (tertiary/aromatic N) is 2. The first-order valence-electron chi connectivity index (χ1n) is 9.24. The third-order valence-corrected chi connectivity index (χ3v) is 5.28. The van der Waals surface area contributed by atoms with E-state index in [1.54, 1.807) is 54.7 Å². The van der Waals surface area contributed by atoms with Crippen LogP contribution >= 0.6 is 11.6 Å². The van der Waals surface area contributed by atoms with E-state index in [4.69, 9.17) is 21.1 Å². The first kappa shape index (κ1) is 19.8. The highest BCUT2D eigenvalue weighted by atomic mass is 35.5. The molecule has 2 heterocycles. The number of aromatic amines is 1. The molecule has 0 amide bonds. The summed E-state index contributed by atoms with van der Waals surface area (Å²) in [5, 5.41) is 3.79. The van der Waals surface area contributed by atoms with Crippen LogP contribution in [0.5, 0.6) is 11.5 Å². The molecule has 30 heavy (non-hydrogen) atoms. The highest BCUT2D eigenvalue weighted by Gasteiger charge is 2.16. The minimum Gasteiger partial charge on any atom is -0.497 e. The van der Waals surface area contributed by atoms with Crippen molar-refractivity contribution in [3.05, 3.63) is 85.5 Å². The van der Waals surface area contributed by atoms with Crippen LogP contribution in [0.2, 0.25) is 5.02 Å². The van der Waals surface area contributed by atoms with E-state index < -0.39 is 0 Å². The number of aryl methyl sites for hydroxylation is 1. The van der Waals surface area contributed by atoms with Gasteiger partial charge in [0.25, 0.3) is 11.1 Å². The topological polar surface area (TPSA) is 78.2 Å². The van der Waals surface area contributed by atoms with Gasteiger partial charge < -0.3 is 14.0 Å². The van der Waals surface area contributed by atoms with Crippen molar-refractivity contribution in [1.82, 2.24) is 14.3 Å². The molecule has 0 atom stereocenters. The Kier molecular flexibility index (Phi) is 5.13. The van der Waals surface area contributed by atoms with E-state index in [1.165, 1.54) is 6.07 Å². The van der Waals surface area contributed by atoms with Gasteiger partial charge in [-0.3, -0.25) is 19.4 Å². The van der Waals surface area contributed by atoms with Crippen LogP contribution in [0.1, 0.15) is 11.3 Å². The van der Waals surface area contributed by atoms with Crippen molar-refractivity contribution in [3.63, 3.8) is 0 Å². The number of hydrogen-bond acceptors (Lipinski definition) is 4. The molecule has 7 nitrogen and oxygen atoms in total. The zero-order valence-corrected chi connectivity index (χ0v) is 17.5. The maximum Gasteiger partial charge on any atom is 0.274 e. The Hall–Kier alpha value is -3.45. The predicted octanol–water partition coefficient (Wildman–Crippen LogP) is 3.51. The number of ether oxygens (including phenoxy) is 2. The lowest BCUT2D eigenvalue weighted by Crippen LogP contribution is -2.23. The number of halogens is 1. The van der Waals surface area contributed by atoms with Crippen molar-refractivity contribution in [2.75, 3.05) is 14.2 Å². The second-order valence-corrected chi connectivity index (χ2v) is 7.33. The van der Waals surface area contributed by atoms with Crippen LogP contribution in [0.15, 0.2) is 58.1 Å². The van der Waals surface area contributed by atoms with E-state index in [-0.39, 0.29) is 17.7 Å². The average molecular weight is 426 g/mol. The van der Waals surface area contributed by atoms with E-state index in [1.807, 2.05) is 18.2 Å². The first-order chi connectivity index (χ1) is 14.4. The Balaban J connectivity index is 1.87. The quantitative estimate of drug-likeness (QED) is 0.530. The van der Waals surface area contributed by atoms with Crippen molar-refractivity contribution in [3.8, 4) is 17.2 Å². The van der Waals surface area contributed by atoms with Crippen molar-refractivity contribution in [1.29, 1.82) is 0 Å². The Morgan fingerprint density at radius 3 is 2.33 bits per heavy atom. The monoisotopic (exact) mass is 425 g/mol. The van der Waals surface area contributed by atoms with Crippen molar-refractivity contribution < 1.29 is 9.47 Å². The van der Waals surface area contributed by atoms with Crippen LogP contribution in [0, 0.1) is 6.92 Å². The fourth-order valence-electron chi connectivity index (χ4n) is 3.58. The number of nitrogens with one attached hydrogen (secondary N) is 1. The first-order valence-corrected chi connectivity index (χ1v) is 9.62. The van der Waals surface area contributed by atoms with Gasteiger partial charge >= 0.3 is 0 Å². The normalized spacial score (nSPS) is 11.1. The molecule has 0 saturated heterocycles. The highest BCUT2D eigenvalue weighted by molar-refractivity contribution is 6.30. The lowest BCUT2D eigenvalue weighted by Gasteiger charge is -2.13. The number of benzene rings is 2. The number of aromatic nitrogens is 3. The highest BCUT2D eigenvalue weighted by Crippen LogP contribution is 2.24. The Bertz CT molecular complexity index is 1350. The molecule has 8 heteroatoms. The van der Waals surface area contributed by atoms with E-state index in [0.717, 1.165) is 5.56 Å². The zero-order valence-electron chi connectivity index (χ0n) is 16.7. The van der Waals surface area contributed by atoms with Gasteiger partial charge in [-0.2, -0.15) is 0 Å². The molecule has 0 radical (unpaired) electrons. The van der Waals surface area contributed by atoms with Crippen LogP contribution in [0.3, 0.4) is 0 Å². The van der Waals surface area contributed by atoms with E-state index in [2.05, 4.69) is 5.10 Å². The fraction of sp³-hybridized carbons (Fsp3) is 0.182. The van der Waals surface area contributed by atoms with Gasteiger partial charge in [-0.25, -0.2) is 0 Å². The summed E-state index contributed by atoms with van der Waals surface area (Å²) in [5.41, 5.74) is 2.06. The molecule has 1 N–H and O–H groups in total. The van der Waals surface area contributed by atoms with Crippen molar-refractivity contribution >= 4 is 22.5 Å². The van der Waals surface area contributed by atoms with Crippen LogP contribution < -0.4 is 20.6 Å². The summed E-state index contributed by atoms with van der Waals surface area (Å²) in [6.45, 7) is 2.04. The molecule has 0 aliphatic heterocycles. The summed E-state index contributed by atoms with van der Waals surface area (Å²) in [7, 11) is 3.14. The fourth-order valence-corrected chi connectivity index (χ4v) is 3.77. The summed E-state index contributed by atoms with van der Waals surface area (Å²) in [6.07, 6.45) is 0. The minimum atomic E-state index is -0.278. The van der Waals surface area contributed by atoms with Gasteiger partial charge in [0.1, 0.15) is 11.5 Å². The van der Waals surface area contributed by atoms with E-state index >= 15 is 0 Å². The minimum absolute atomic E-state index is 0.225. The molecule has 0 unspecified atom stereocenters. The lowest BCUT2D eigenvalue weighted by atomic mass is 10.1. The largest absolute Gasteiger partial charge is 0.497 e. The van der Waals surface area contributed by atoms with Gasteiger partial charge in [0.05, 0.1) is 37.4 Å². The average Bonchev–Trinajstić information content (AvgIpc) is 3.06. The number of hydrogen-bond donors (Lipinski definition) is 1. The molecular weight excluding hydrogens is 406 g/mol. The van der Waals surface area contributed by atoms with Gasteiger partial charge in [-0.05, 0) is 42.8 Å². The lowest BCUT2D eigenvalue weighted by molar-refractivity contribution is 0.393. The molecule has 154 valence electrons. The van der Waals surface area contributed by atoms with Crippen LogP contribution in [0.4, 0.5) is 0 Å². The molecule has 0 aliphatic rings. The predicted molar refractivity (Wildman–Crippen MR) is 117 cm³/mol. The third-order valence-electron chi connectivity index (χ3n) is 5.05. The Morgan fingerprint density at radius 1 is 1.00 bits per heavy atom. The Labute approximate surface area is 177 Å². The number of H-pyrrole nitrogens is 1. The summed E-state index contributed by atoms with van der Waals surface area (Å²) in [5.74, 6) is 1.25. The molecule has 0 fully saturated rings. The molecule has 4 rings (SSSR count). The van der Waals surface area contributed by atoms with Crippen molar-refractivity contribution in [2.45, 2.75) is 13.5 Å². The standard InChI is InChI=1S/C22H20ClN3O4/c1-13-21-19(26(24-22(21)28)16-6-4-5-15(23)9-16)11-20(27)25(13)12-14-7-17(29-2)10-18(8-14)30-3/h4-11H,12H2,1-3H3,(H,24,28). The Morgan fingerprint density at radius 2 is 1.70 bits per heavy atom. The molecule has 2 aromatic heterocycles. The molecule has 2 aromatic carbocycles. The van der Waals surface area contributed by atoms with E-state index in [9.17, 15) is 9.59 Å². The summed E-state index contributed by atoms with van der Waals surface area (Å²) in [6, 6.07) is 13.9. The molecule has 0 bridgehead atoms. The van der Waals surface area contributed by atoms with Gasteiger partial charge in [-0.1, -0.05) is 17.7 Å². The van der Waals surface area contributed by atoms with Gasteiger partial charge in [-0.15, -0.1) is 0 Å². The van der Waals surface area contributed by atoms with Crippen LogP contribution in [0.25, 0.3) is 16.6 Å². The zero-order chi connectivity index (χ0) is 21.4. The van der Waals surface area contributed by atoms with Crippen LogP contribution in [-0.2, 0) is 6.54 Å². The smallest absolute Gasteiger partial charge is 0.274 e. The number of methoxy groups -OCH3 is 2. The van der Waals surface area contributed by atoms with Crippen molar-refractivity contribution in [2.24, 2.45) is 0 Å². The number of pyridine rings is 1. The second kappa shape index (κ2) is 7.76. The molecule has 0 saturated carbocycles. The summed E-state index contributed by atoms with van der Waals surface area (Å²) in [4.78, 5) is 25.7. The summed E-state index contributed by atoms with van der Waals surface area (Å²) >= 11 is 6.09. The number of fused-ring (bicyclic) bond motifs is 1. The number of rotatable bonds is 5. The SMILES string of the molecule is COc1cc(Cn2c(C)c3c(=O)[nH]n(-c4cccc(Cl)c4)c3cc2=O)cc(OC)c1. The molecule has 0 aliphatic carbocycles. The van der Waals surface area contributed by atoms with Gasteiger partial charge in [0.2, 0.25) is 0 Å². The third kappa shape index (κ3) is 3.48. The second-order valence-electron chi connectivity index (χ2n) is 6.89. The van der Waals surface area contributed by atoms with Crippen LogP contribution in [-0.4, -0.2) is 28.6 Å². The van der Waals surface area contributed by atoms with E-state index in [0.29, 0.717) is 38.8 Å². The molecule has 4 aromatic rings. The molecular formula is C22H20ClN3O4. The maximum atomic E-state index is 13.0. The van der Waals surface area contributed by atoms with Gasteiger partial charge in [0.15, 0.2) is 0 Å². The molecule has 0 spiro atoms. The maximum absolute atomic E-state index is 13.0. The van der Waals surface area contributed by atoms with Gasteiger partial charge in [0, 0.05) is 22.8 Å². The summed E-state index contributed by atoms with van der Waals surface area (Å²) < 4.78 is 13.8.